The van der Waals surface area contributed by atoms with Gasteiger partial charge in [0.05, 0.1) is 0 Å². The molecule has 0 fully saturated rings. The van der Waals surface area contributed by atoms with Gasteiger partial charge in [-0.2, -0.15) is 0 Å². The van der Waals surface area contributed by atoms with Crippen LogP contribution < -0.4 is 0 Å². The molecule has 0 radical (unpaired) electrons. The largest absolute Gasteiger partial charge is 0.0622 e. The third-order valence-electron chi connectivity index (χ3n) is 5.75. The maximum Gasteiger partial charge on any atom is 0.0266 e. The van der Waals surface area contributed by atoms with E-state index in [2.05, 4.69) is 149 Å². The molecule has 1 heteroatoms. The Balaban J connectivity index is 1.85. The summed E-state index contributed by atoms with van der Waals surface area (Å²) in [6.07, 6.45) is 4.41. The normalized spacial score (nSPS) is 11.1. The minimum atomic E-state index is 1.08. The maximum absolute atomic E-state index is 3.93. The summed E-state index contributed by atoms with van der Waals surface area (Å²) in [6, 6.07) is 44.7. The smallest absolute Gasteiger partial charge is 0.0266 e. The van der Waals surface area contributed by atoms with Gasteiger partial charge in [-0.15, -0.1) is 0 Å². The first kappa shape index (κ1) is 21.2. The first-order valence-electron chi connectivity index (χ1n) is 11.1. The second-order valence-corrected chi connectivity index (χ2v) is 8.77. The van der Waals surface area contributed by atoms with Crippen LogP contribution in [0.25, 0.3) is 45.5 Å². The molecular weight excluding hydrogens is 464 g/mol. The molecule has 0 atom stereocenters. The molecule has 0 amide bonds. The third-order valence-corrected chi connectivity index (χ3v) is 6.38. The Morgan fingerprint density at radius 2 is 0.848 bits per heavy atom. The number of hydrogen-bond donors (Lipinski definition) is 0. The van der Waals surface area contributed by atoms with E-state index >= 15 is 0 Å². The fourth-order valence-electron chi connectivity index (χ4n) is 4.25. The predicted octanol–water partition coefficient (Wildman–Crippen LogP) is 9.62. The first-order valence-corrected chi connectivity index (χ1v) is 11.9. The van der Waals surface area contributed by atoms with Crippen LogP contribution in [0.15, 0.2) is 132 Å². The molecule has 5 rings (SSSR count). The molecule has 0 unspecified atom stereocenters. The van der Waals surface area contributed by atoms with Crippen LogP contribution in [0.5, 0.6) is 0 Å². The summed E-state index contributed by atoms with van der Waals surface area (Å²) in [5.74, 6) is 0. The fourth-order valence-corrected chi connectivity index (χ4v) is 4.92. The minimum absolute atomic E-state index is 1.08. The lowest BCUT2D eigenvalue weighted by Gasteiger charge is -2.21. The van der Waals surface area contributed by atoms with Crippen molar-refractivity contribution in [1.82, 2.24) is 0 Å². The monoisotopic (exact) mass is 486 g/mol. The van der Waals surface area contributed by atoms with Crippen molar-refractivity contribution >= 4 is 28.1 Å². The third kappa shape index (κ3) is 4.60. The standard InChI is InChI=1S/C32H23Br/c33-29-23-28(22-21-24-13-5-1-6-14-24)30(25-15-7-2-8-16-25)32(27-19-11-4-12-20-27)31(29)26-17-9-3-10-18-26/h1-23H/b22-21+. The van der Waals surface area contributed by atoms with E-state index in [4.69, 9.17) is 0 Å². The van der Waals surface area contributed by atoms with Crippen molar-refractivity contribution in [1.29, 1.82) is 0 Å². The Labute approximate surface area is 204 Å². The Kier molecular flexibility index (Phi) is 6.32. The second-order valence-electron chi connectivity index (χ2n) is 7.91. The summed E-state index contributed by atoms with van der Waals surface area (Å²) in [5, 5.41) is 0. The minimum Gasteiger partial charge on any atom is -0.0622 e. The average molecular weight is 487 g/mol. The zero-order chi connectivity index (χ0) is 22.5. The Hall–Kier alpha value is -3.68. The highest BCUT2D eigenvalue weighted by molar-refractivity contribution is 9.10. The van der Waals surface area contributed by atoms with Gasteiger partial charge in [0, 0.05) is 10.0 Å². The van der Waals surface area contributed by atoms with Crippen LogP contribution in [0.1, 0.15) is 11.1 Å². The second kappa shape index (κ2) is 9.85. The molecule has 0 saturated heterocycles. The molecule has 0 aliphatic carbocycles. The van der Waals surface area contributed by atoms with Gasteiger partial charge in [0.25, 0.3) is 0 Å². The van der Waals surface area contributed by atoms with Gasteiger partial charge in [-0.05, 0) is 45.0 Å². The molecule has 0 heterocycles. The molecule has 0 bridgehead atoms. The lowest BCUT2D eigenvalue weighted by Crippen LogP contribution is -1.95. The molecular formula is C32H23Br. The van der Waals surface area contributed by atoms with Crippen molar-refractivity contribution < 1.29 is 0 Å². The van der Waals surface area contributed by atoms with Gasteiger partial charge in [-0.1, -0.05) is 149 Å². The van der Waals surface area contributed by atoms with Crippen LogP contribution in [0.3, 0.4) is 0 Å². The molecule has 0 spiro atoms. The van der Waals surface area contributed by atoms with E-state index in [9.17, 15) is 0 Å². The topological polar surface area (TPSA) is 0 Å². The van der Waals surface area contributed by atoms with Crippen molar-refractivity contribution in [3.05, 3.63) is 143 Å². The van der Waals surface area contributed by atoms with E-state index in [0.29, 0.717) is 0 Å². The molecule has 33 heavy (non-hydrogen) atoms. The van der Waals surface area contributed by atoms with Crippen molar-refractivity contribution in [3.8, 4) is 33.4 Å². The zero-order valence-corrected chi connectivity index (χ0v) is 19.7. The predicted molar refractivity (Wildman–Crippen MR) is 146 cm³/mol. The van der Waals surface area contributed by atoms with Gasteiger partial charge in [-0.25, -0.2) is 0 Å². The molecule has 0 aliphatic rings. The fraction of sp³-hybridized carbons (Fsp3) is 0. The number of halogens is 1. The summed E-state index contributed by atoms with van der Waals surface area (Å²) < 4.78 is 1.08. The lowest BCUT2D eigenvalue weighted by molar-refractivity contribution is 1.52. The molecule has 0 aromatic heterocycles. The Bertz CT molecular complexity index is 1370. The number of rotatable bonds is 5. The molecule has 0 nitrogen and oxygen atoms in total. The van der Waals surface area contributed by atoms with E-state index in [1.54, 1.807) is 0 Å². The van der Waals surface area contributed by atoms with Crippen molar-refractivity contribution in [2.75, 3.05) is 0 Å². The van der Waals surface area contributed by atoms with Crippen LogP contribution >= 0.6 is 15.9 Å². The molecule has 5 aromatic rings. The Morgan fingerprint density at radius 1 is 0.424 bits per heavy atom. The molecule has 5 aromatic carbocycles. The van der Waals surface area contributed by atoms with E-state index in [0.717, 1.165) is 4.47 Å². The van der Waals surface area contributed by atoms with E-state index in [-0.39, 0.29) is 0 Å². The average Bonchev–Trinajstić information content (AvgIpc) is 2.89. The maximum atomic E-state index is 3.93. The SMILES string of the molecule is Brc1cc(/C=C/c2ccccc2)c(-c2ccccc2)c(-c2ccccc2)c1-c1ccccc1. The van der Waals surface area contributed by atoms with Gasteiger partial charge in [-0.3, -0.25) is 0 Å². The highest BCUT2D eigenvalue weighted by Gasteiger charge is 2.20. The van der Waals surface area contributed by atoms with Gasteiger partial charge in [0.1, 0.15) is 0 Å². The molecule has 0 N–H and O–H groups in total. The number of hydrogen-bond acceptors (Lipinski definition) is 0. The molecule has 158 valence electrons. The van der Waals surface area contributed by atoms with Crippen molar-refractivity contribution in [3.63, 3.8) is 0 Å². The first-order chi connectivity index (χ1) is 16.3. The zero-order valence-electron chi connectivity index (χ0n) is 18.2. The molecule has 0 aliphatic heterocycles. The Morgan fingerprint density at radius 3 is 1.36 bits per heavy atom. The van der Waals surface area contributed by atoms with Crippen molar-refractivity contribution in [2.45, 2.75) is 0 Å². The highest BCUT2D eigenvalue weighted by atomic mass is 79.9. The highest BCUT2D eigenvalue weighted by Crippen LogP contribution is 2.46. The van der Waals surface area contributed by atoms with Crippen LogP contribution in [0.2, 0.25) is 0 Å². The van der Waals surface area contributed by atoms with E-state index in [1.165, 1.54) is 44.5 Å². The van der Waals surface area contributed by atoms with Gasteiger partial charge in [0.15, 0.2) is 0 Å². The summed E-state index contributed by atoms with van der Waals surface area (Å²) in [4.78, 5) is 0. The number of benzene rings is 5. The van der Waals surface area contributed by atoms with Gasteiger partial charge < -0.3 is 0 Å². The van der Waals surface area contributed by atoms with E-state index in [1.807, 2.05) is 6.07 Å². The summed E-state index contributed by atoms with van der Waals surface area (Å²) in [6.45, 7) is 0. The molecule has 0 saturated carbocycles. The quantitative estimate of drug-likeness (QED) is 0.217. The van der Waals surface area contributed by atoms with Crippen LogP contribution in [-0.2, 0) is 0 Å². The van der Waals surface area contributed by atoms with Crippen LogP contribution in [0.4, 0.5) is 0 Å². The lowest BCUT2D eigenvalue weighted by atomic mass is 9.84. The van der Waals surface area contributed by atoms with Crippen molar-refractivity contribution in [2.24, 2.45) is 0 Å². The van der Waals surface area contributed by atoms with E-state index < -0.39 is 0 Å². The van der Waals surface area contributed by atoms with Gasteiger partial charge >= 0.3 is 0 Å². The van der Waals surface area contributed by atoms with Gasteiger partial charge in [0.2, 0.25) is 0 Å². The summed E-state index contributed by atoms with van der Waals surface area (Å²) in [5.41, 5.74) is 9.62. The van der Waals surface area contributed by atoms with Crippen LogP contribution in [0, 0.1) is 0 Å². The summed E-state index contributed by atoms with van der Waals surface area (Å²) >= 11 is 3.93. The van der Waals surface area contributed by atoms with Crippen LogP contribution in [-0.4, -0.2) is 0 Å². The summed E-state index contributed by atoms with van der Waals surface area (Å²) in [7, 11) is 0.